The summed E-state index contributed by atoms with van der Waals surface area (Å²) in [5.41, 5.74) is 2.18. The highest BCUT2D eigenvalue weighted by Gasteiger charge is 2.15. The van der Waals surface area contributed by atoms with Crippen molar-refractivity contribution in [1.29, 1.82) is 0 Å². The fourth-order valence-electron chi connectivity index (χ4n) is 2.18. The van der Waals surface area contributed by atoms with Gasteiger partial charge < -0.3 is 10.1 Å². The van der Waals surface area contributed by atoms with E-state index in [0.29, 0.717) is 0 Å². The van der Waals surface area contributed by atoms with Crippen LogP contribution in [0.4, 0.5) is 0 Å². The van der Waals surface area contributed by atoms with Gasteiger partial charge in [-0.05, 0) is 42.0 Å². The van der Waals surface area contributed by atoms with Crippen molar-refractivity contribution in [1.82, 2.24) is 5.32 Å². The summed E-state index contributed by atoms with van der Waals surface area (Å²) in [7, 11) is 1.66. The lowest BCUT2D eigenvalue weighted by Crippen LogP contribution is -2.27. The first kappa shape index (κ1) is 14.6. The number of benzene rings is 1. The van der Waals surface area contributed by atoms with E-state index in [0.717, 1.165) is 28.2 Å². The van der Waals surface area contributed by atoms with E-state index in [2.05, 4.69) is 18.3 Å². The molecule has 0 unspecified atom stereocenters. The number of amides is 1. The molecule has 0 radical (unpaired) electrons. The van der Waals surface area contributed by atoms with Gasteiger partial charge in [-0.25, -0.2) is 0 Å². The second kappa shape index (κ2) is 6.57. The van der Waals surface area contributed by atoms with Crippen molar-refractivity contribution >= 4 is 17.2 Å². The van der Waals surface area contributed by atoms with Crippen molar-refractivity contribution in [2.75, 3.05) is 7.11 Å². The number of hydrogen-bond donors (Lipinski definition) is 1. The molecule has 0 saturated heterocycles. The predicted molar refractivity (Wildman–Crippen MR) is 82.5 cm³/mol. The molecule has 0 spiro atoms. The summed E-state index contributed by atoms with van der Waals surface area (Å²) in [4.78, 5) is 12.9. The monoisotopic (exact) mass is 289 g/mol. The molecule has 1 heterocycles. The summed E-state index contributed by atoms with van der Waals surface area (Å²) in [6.45, 7) is 4.08. The topological polar surface area (TPSA) is 38.3 Å². The van der Waals surface area contributed by atoms with Crippen molar-refractivity contribution in [2.45, 2.75) is 26.3 Å². The molecule has 1 aromatic carbocycles. The minimum absolute atomic E-state index is 0.0136. The Morgan fingerprint density at radius 1 is 1.40 bits per heavy atom. The lowest BCUT2D eigenvalue weighted by Gasteiger charge is -2.18. The van der Waals surface area contributed by atoms with E-state index in [-0.39, 0.29) is 11.9 Å². The van der Waals surface area contributed by atoms with E-state index in [1.165, 1.54) is 11.3 Å². The SMILES string of the molecule is CC[C@H](NC(=O)c1cccs1)c1ccc(OC)c(C)c1. The third-order valence-electron chi connectivity index (χ3n) is 3.28. The van der Waals surface area contributed by atoms with Gasteiger partial charge in [0.05, 0.1) is 18.0 Å². The number of rotatable bonds is 5. The average molecular weight is 289 g/mol. The van der Waals surface area contributed by atoms with E-state index in [4.69, 9.17) is 4.74 Å². The first-order valence-electron chi connectivity index (χ1n) is 6.64. The maximum atomic E-state index is 12.1. The lowest BCUT2D eigenvalue weighted by atomic mass is 10.0. The van der Waals surface area contributed by atoms with Gasteiger partial charge in [-0.2, -0.15) is 0 Å². The Morgan fingerprint density at radius 3 is 2.75 bits per heavy atom. The first-order valence-corrected chi connectivity index (χ1v) is 7.52. The number of carbonyl (C=O) groups excluding carboxylic acids is 1. The highest BCUT2D eigenvalue weighted by atomic mass is 32.1. The number of methoxy groups -OCH3 is 1. The van der Waals surface area contributed by atoms with Gasteiger partial charge in [-0.1, -0.05) is 25.1 Å². The Kier molecular flexibility index (Phi) is 4.79. The van der Waals surface area contributed by atoms with E-state index in [1.807, 2.05) is 36.6 Å². The second-order valence-corrected chi connectivity index (χ2v) is 5.59. The van der Waals surface area contributed by atoms with Crippen LogP contribution in [0.3, 0.4) is 0 Å². The first-order chi connectivity index (χ1) is 9.65. The second-order valence-electron chi connectivity index (χ2n) is 4.64. The molecule has 4 heteroatoms. The zero-order chi connectivity index (χ0) is 14.5. The van der Waals surface area contributed by atoms with Crippen LogP contribution in [0.25, 0.3) is 0 Å². The summed E-state index contributed by atoms with van der Waals surface area (Å²) < 4.78 is 5.27. The number of ether oxygens (including phenoxy) is 1. The van der Waals surface area contributed by atoms with E-state index < -0.39 is 0 Å². The molecule has 1 atom stereocenters. The molecule has 106 valence electrons. The van der Waals surface area contributed by atoms with Crippen LogP contribution >= 0.6 is 11.3 Å². The number of nitrogens with one attached hydrogen (secondary N) is 1. The summed E-state index contributed by atoms with van der Waals surface area (Å²) in [5.74, 6) is 0.855. The van der Waals surface area contributed by atoms with Crippen LogP contribution in [0.2, 0.25) is 0 Å². The minimum Gasteiger partial charge on any atom is -0.496 e. The fourth-order valence-corrected chi connectivity index (χ4v) is 2.80. The number of thiophene rings is 1. The summed E-state index contributed by atoms with van der Waals surface area (Å²) in [5, 5.41) is 4.99. The molecule has 0 fully saturated rings. The van der Waals surface area contributed by atoms with Gasteiger partial charge >= 0.3 is 0 Å². The highest BCUT2D eigenvalue weighted by molar-refractivity contribution is 7.12. The van der Waals surface area contributed by atoms with Crippen molar-refractivity contribution in [2.24, 2.45) is 0 Å². The van der Waals surface area contributed by atoms with Gasteiger partial charge in [0.2, 0.25) is 0 Å². The lowest BCUT2D eigenvalue weighted by molar-refractivity contribution is 0.0939. The molecule has 0 bridgehead atoms. The molecule has 1 aromatic heterocycles. The third-order valence-corrected chi connectivity index (χ3v) is 4.15. The molecule has 1 N–H and O–H groups in total. The largest absolute Gasteiger partial charge is 0.496 e. The van der Waals surface area contributed by atoms with Gasteiger partial charge in [0.1, 0.15) is 5.75 Å². The Bertz CT molecular complexity index is 578. The van der Waals surface area contributed by atoms with E-state index in [9.17, 15) is 4.79 Å². The van der Waals surface area contributed by atoms with Gasteiger partial charge in [-0.3, -0.25) is 4.79 Å². The average Bonchev–Trinajstić information content (AvgIpc) is 2.98. The standard InChI is InChI=1S/C16H19NO2S/c1-4-13(17-16(18)15-6-5-9-20-15)12-7-8-14(19-3)11(2)10-12/h5-10,13H,4H2,1-3H3,(H,17,18)/t13-/m0/s1. The van der Waals surface area contributed by atoms with Crippen molar-refractivity contribution in [3.63, 3.8) is 0 Å². The zero-order valence-electron chi connectivity index (χ0n) is 12.0. The van der Waals surface area contributed by atoms with Crippen molar-refractivity contribution in [3.8, 4) is 5.75 Å². The minimum atomic E-state index is -0.0136. The normalized spacial score (nSPS) is 11.9. The Labute approximate surface area is 123 Å². The molecule has 2 rings (SSSR count). The van der Waals surface area contributed by atoms with Gasteiger partial charge in [0.15, 0.2) is 0 Å². The molecule has 1 amide bonds. The maximum absolute atomic E-state index is 12.1. The van der Waals surface area contributed by atoms with E-state index in [1.54, 1.807) is 7.11 Å². The van der Waals surface area contributed by atoms with Crippen LogP contribution in [0.1, 0.15) is 40.2 Å². The number of aryl methyl sites for hydroxylation is 1. The van der Waals surface area contributed by atoms with Gasteiger partial charge in [0.25, 0.3) is 5.91 Å². The number of hydrogen-bond acceptors (Lipinski definition) is 3. The molecule has 0 aliphatic carbocycles. The smallest absolute Gasteiger partial charge is 0.261 e. The molecule has 3 nitrogen and oxygen atoms in total. The van der Waals surface area contributed by atoms with Crippen LogP contribution in [-0.2, 0) is 0 Å². The van der Waals surface area contributed by atoms with Crippen molar-refractivity contribution < 1.29 is 9.53 Å². The fraction of sp³-hybridized carbons (Fsp3) is 0.312. The number of carbonyl (C=O) groups is 1. The predicted octanol–water partition coefficient (Wildman–Crippen LogP) is 3.95. The molecular weight excluding hydrogens is 270 g/mol. The zero-order valence-corrected chi connectivity index (χ0v) is 12.8. The van der Waals surface area contributed by atoms with Crippen LogP contribution < -0.4 is 10.1 Å². The van der Waals surface area contributed by atoms with Crippen LogP contribution in [0, 0.1) is 6.92 Å². The highest BCUT2D eigenvalue weighted by Crippen LogP contribution is 2.24. The summed E-state index contributed by atoms with van der Waals surface area (Å²) in [6, 6.07) is 9.78. The Hall–Kier alpha value is -1.81. The van der Waals surface area contributed by atoms with Crippen molar-refractivity contribution in [3.05, 3.63) is 51.7 Å². The molecule has 20 heavy (non-hydrogen) atoms. The van der Waals surface area contributed by atoms with Crippen LogP contribution in [0.5, 0.6) is 5.75 Å². The van der Waals surface area contributed by atoms with Crippen LogP contribution in [0.15, 0.2) is 35.7 Å². The molecule has 0 aliphatic heterocycles. The summed E-state index contributed by atoms with van der Waals surface area (Å²) in [6.07, 6.45) is 0.850. The molecule has 0 saturated carbocycles. The van der Waals surface area contributed by atoms with Gasteiger partial charge in [-0.15, -0.1) is 11.3 Å². The molecule has 2 aromatic rings. The Balaban J connectivity index is 2.16. The maximum Gasteiger partial charge on any atom is 0.261 e. The summed E-state index contributed by atoms with van der Waals surface area (Å²) >= 11 is 1.46. The third kappa shape index (κ3) is 3.20. The van der Waals surface area contributed by atoms with Gasteiger partial charge in [0, 0.05) is 0 Å². The molecule has 0 aliphatic rings. The Morgan fingerprint density at radius 2 is 2.20 bits per heavy atom. The van der Waals surface area contributed by atoms with Crippen LogP contribution in [-0.4, -0.2) is 13.0 Å². The quantitative estimate of drug-likeness (QED) is 0.905. The van der Waals surface area contributed by atoms with E-state index >= 15 is 0 Å². The molecular formula is C16H19NO2S.